The van der Waals surface area contributed by atoms with Gasteiger partial charge in [-0.2, -0.15) is 15.8 Å². The Morgan fingerprint density at radius 1 is 0.556 bits per heavy atom. The standard InChI is InChI=1S/C23H37N3S/c1-2-3-4-5-6-7-8-9-10-11-12-13-14-15-16-17-18-27-23(21-26)22(19-24)20-25/h2-18H2,1H3. The predicted octanol–water partition coefficient (Wildman–Crippen LogP) is 7.81. The second-order valence-corrected chi connectivity index (χ2v) is 8.30. The van der Waals surface area contributed by atoms with Crippen molar-refractivity contribution < 1.29 is 0 Å². The zero-order valence-corrected chi connectivity index (χ0v) is 18.1. The minimum Gasteiger partial charge on any atom is -0.192 e. The highest BCUT2D eigenvalue weighted by Gasteiger charge is 2.05. The van der Waals surface area contributed by atoms with Gasteiger partial charge in [-0.3, -0.25) is 0 Å². The van der Waals surface area contributed by atoms with Crippen molar-refractivity contribution in [3.05, 3.63) is 10.5 Å². The second-order valence-electron chi connectivity index (χ2n) is 7.19. The average molecular weight is 388 g/mol. The van der Waals surface area contributed by atoms with Crippen LogP contribution in [0.25, 0.3) is 0 Å². The van der Waals surface area contributed by atoms with Gasteiger partial charge in [0.05, 0.1) is 0 Å². The summed E-state index contributed by atoms with van der Waals surface area (Å²) in [6.07, 6.45) is 21.5. The molecule has 0 bridgehead atoms. The van der Waals surface area contributed by atoms with Crippen LogP contribution in [-0.2, 0) is 0 Å². The number of nitriles is 3. The lowest BCUT2D eigenvalue weighted by Gasteiger charge is -2.03. The van der Waals surface area contributed by atoms with Gasteiger partial charge in [-0.1, -0.05) is 103 Å². The lowest BCUT2D eigenvalue weighted by molar-refractivity contribution is 0.532. The van der Waals surface area contributed by atoms with E-state index in [1.54, 1.807) is 12.1 Å². The van der Waals surface area contributed by atoms with Gasteiger partial charge in [-0.25, -0.2) is 0 Å². The number of nitrogens with zero attached hydrogens (tertiary/aromatic N) is 3. The number of hydrogen-bond donors (Lipinski definition) is 0. The number of thioether (sulfide) groups is 1. The van der Waals surface area contributed by atoms with Gasteiger partial charge in [-0.05, 0) is 12.2 Å². The third-order valence-corrected chi connectivity index (χ3v) is 5.87. The normalized spacial score (nSPS) is 10.0. The highest BCUT2D eigenvalue weighted by Crippen LogP contribution is 2.21. The van der Waals surface area contributed by atoms with Crippen LogP contribution in [-0.4, -0.2) is 5.75 Å². The molecule has 0 aliphatic carbocycles. The van der Waals surface area contributed by atoms with Crippen LogP contribution in [0.2, 0.25) is 0 Å². The highest BCUT2D eigenvalue weighted by molar-refractivity contribution is 8.03. The molecule has 0 unspecified atom stereocenters. The van der Waals surface area contributed by atoms with E-state index in [1.165, 1.54) is 102 Å². The fourth-order valence-electron chi connectivity index (χ4n) is 3.11. The van der Waals surface area contributed by atoms with E-state index >= 15 is 0 Å². The van der Waals surface area contributed by atoms with E-state index in [9.17, 15) is 0 Å². The van der Waals surface area contributed by atoms with Gasteiger partial charge in [0.2, 0.25) is 0 Å². The summed E-state index contributed by atoms with van der Waals surface area (Å²) < 4.78 is 0. The topological polar surface area (TPSA) is 71.4 Å². The summed E-state index contributed by atoms with van der Waals surface area (Å²) in [5.41, 5.74) is -0.0565. The van der Waals surface area contributed by atoms with Gasteiger partial charge in [0.25, 0.3) is 0 Å². The molecule has 0 rings (SSSR count). The minimum absolute atomic E-state index is 0.0565. The third-order valence-electron chi connectivity index (χ3n) is 4.80. The monoisotopic (exact) mass is 387 g/mol. The molecular weight excluding hydrogens is 350 g/mol. The molecule has 4 heteroatoms. The maximum Gasteiger partial charge on any atom is 0.153 e. The Morgan fingerprint density at radius 3 is 1.26 bits per heavy atom. The summed E-state index contributed by atoms with van der Waals surface area (Å²) in [7, 11) is 0. The third kappa shape index (κ3) is 16.5. The van der Waals surface area contributed by atoms with Crippen LogP contribution in [0.3, 0.4) is 0 Å². The first-order chi connectivity index (χ1) is 13.3. The van der Waals surface area contributed by atoms with Crippen LogP contribution < -0.4 is 0 Å². The molecule has 0 aromatic heterocycles. The van der Waals surface area contributed by atoms with E-state index in [4.69, 9.17) is 15.8 Å². The molecule has 0 amide bonds. The van der Waals surface area contributed by atoms with Crippen LogP contribution in [0.4, 0.5) is 0 Å². The second kappa shape index (κ2) is 20.9. The van der Waals surface area contributed by atoms with E-state index in [0.29, 0.717) is 0 Å². The Balaban J connectivity index is 3.33. The lowest BCUT2D eigenvalue weighted by Crippen LogP contribution is -1.86. The van der Waals surface area contributed by atoms with Gasteiger partial charge >= 0.3 is 0 Å². The van der Waals surface area contributed by atoms with Crippen LogP contribution in [0.5, 0.6) is 0 Å². The number of unbranched alkanes of at least 4 members (excludes halogenated alkanes) is 15. The molecule has 0 aromatic rings. The van der Waals surface area contributed by atoms with Crippen molar-refractivity contribution in [2.24, 2.45) is 0 Å². The fraction of sp³-hybridized carbons (Fsp3) is 0.783. The van der Waals surface area contributed by atoms with Gasteiger partial charge < -0.3 is 0 Å². The minimum atomic E-state index is -0.0565. The van der Waals surface area contributed by atoms with Gasteiger partial charge in [0.1, 0.15) is 23.1 Å². The molecule has 150 valence electrons. The zero-order chi connectivity index (χ0) is 20.0. The van der Waals surface area contributed by atoms with Crippen molar-refractivity contribution in [1.82, 2.24) is 0 Å². The summed E-state index contributed by atoms with van der Waals surface area (Å²) in [4.78, 5) is 0.265. The Bertz CT molecular complexity index is 489. The molecular formula is C23H37N3S. The van der Waals surface area contributed by atoms with Crippen LogP contribution in [0.15, 0.2) is 10.5 Å². The van der Waals surface area contributed by atoms with Crippen LogP contribution in [0.1, 0.15) is 110 Å². The molecule has 0 aliphatic rings. The van der Waals surface area contributed by atoms with E-state index < -0.39 is 0 Å². The average Bonchev–Trinajstić information content (AvgIpc) is 2.69. The first kappa shape index (κ1) is 25.6. The van der Waals surface area contributed by atoms with Crippen molar-refractivity contribution in [3.8, 4) is 18.2 Å². The van der Waals surface area contributed by atoms with Gasteiger partial charge in [0.15, 0.2) is 5.57 Å². The number of allylic oxidation sites excluding steroid dienone is 2. The summed E-state index contributed by atoms with van der Waals surface area (Å²) in [6.45, 7) is 2.27. The van der Waals surface area contributed by atoms with Crippen molar-refractivity contribution in [2.45, 2.75) is 110 Å². The Kier molecular flexibility index (Phi) is 19.8. The molecule has 0 spiro atoms. The molecule has 0 saturated carbocycles. The van der Waals surface area contributed by atoms with E-state index in [2.05, 4.69) is 6.92 Å². The highest BCUT2D eigenvalue weighted by atomic mass is 32.2. The summed E-state index contributed by atoms with van der Waals surface area (Å²) in [5, 5.41) is 26.5. The predicted molar refractivity (Wildman–Crippen MR) is 116 cm³/mol. The molecule has 27 heavy (non-hydrogen) atoms. The van der Waals surface area contributed by atoms with Crippen LogP contribution >= 0.6 is 11.8 Å². The van der Waals surface area contributed by atoms with Gasteiger partial charge in [-0.15, -0.1) is 11.8 Å². The quantitative estimate of drug-likeness (QED) is 0.177. The first-order valence-electron chi connectivity index (χ1n) is 10.9. The molecule has 0 heterocycles. The fourth-order valence-corrected chi connectivity index (χ4v) is 3.96. The molecule has 0 saturated heterocycles. The summed E-state index contributed by atoms with van der Waals surface area (Å²) in [5.74, 6) is 0.814. The number of hydrogen-bond acceptors (Lipinski definition) is 4. The van der Waals surface area contributed by atoms with Crippen LogP contribution in [0, 0.1) is 34.0 Å². The zero-order valence-electron chi connectivity index (χ0n) is 17.3. The lowest BCUT2D eigenvalue weighted by atomic mass is 10.0. The molecule has 3 nitrogen and oxygen atoms in total. The Hall–Kier alpha value is -1.44. The molecule has 0 fully saturated rings. The largest absolute Gasteiger partial charge is 0.192 e. The SMILES string of the molecule is CCCCCCCCCCCCCCCCCCSC(C#N)=C(C#N)C#N. The molecule has 0 radical (unpaired) electrons. The molecule has 0 N–H and O–H groups in total. The van der Waals surface area contributed by atoms with E-state index in [1.807, 2.05) is 6.07 Å². The van der Waals surface area contributed by atoms with Crippen molar-refractivity contribution in [1.29, 1.82) is 15.8 Å². The first-order valence-corrected chi connectivity index (χ1v) is 11.9. The van der Waals surface area contributed by atoms with E-state index in [-0.39, 0.29) is 10.5 Å². The van der Waals surface area contributed by atoms with Crippen molar-refractivity contribution >= 4 is 11.8 Å². The Labute approximate surface area is 171 Å². The van der Waals surface area contributed by atoms with E-state index in [0.717, 1.165) is 18.6 Å². The van der Waals surface area contributed by atoms with Crippen molar-refractivity contribution in [2.75, 3.05) is 5.75 Å². The smallest absolute Gasteiger partial charge is 0.153 e. The molecule has 0 aliphatic heterocycles. The number of rotatable bonds is 18. The summed E-state index contributed by atoms with van der Waals surface area (Å²) >= 11 is 1.34. The van der Waals surface area contributed by atoms with Gasteiger partial charge in [0, 0.05) is 0 Å². The maximum absolute atomic E-state index is 8.96. The molecule has 0 aromatic carbocycles. The van der Waals surface area contributed by atoms with Crippen molar-refractivity contribution in [3.63, 3.8) is 0 Å². The summed E-state index contributed by atoms with van der Waals surface area (Å²) in [6, 6.07) is 5.53. The maximum atomic E-state index is 8.96. The Morgan fingerprint density at radius 2 is 0.926 bits per heavy atom. The molecule has 0 atom stereocenters.